The first-order valence-corrected chi connectivity index (χ1v) is 9.75. The number of carbonyl (C=O) groups is 2. The highest BCUT2D eigenvalue weighted by Crippen LogP contribution is 2.47. The molecule has 0 spiro atoms. The topological polar surface area (TPSA) is 49.9 Å². The van der Waals surface area contributed by atoms with E-state index in [9.17, 15) is 14.0 Å². The van der Waals surface area contributed by atoms with Gasteiger partial charge in [-0.3, -0.25) is 14.4 Å². The van der Waals surface area contributed by atoms with Crippen molar-refractivity contribution in [2.45, 2.75) is 19.1 Å². The molecular weight excluding hydrogens is 383 g/mol. The largest absolute Gasteiger partial charge is 0.273 e. The van der Waals surface area contributed by atoms with E-state index in [1.54, 1.807) is 29.3 Å². The molecule has 2 fully saturated rings. The Morgan fingerprint density at radius 1 is 0.800 bits per heavy atom. The van der Waals surface area contributed by atoms with E-state index >= 15 is 0 Å². The second kappa shape index (κ2) is 7.07. The zero-order valence-corrected chi connectivity index (χ0v) is 16.2. The zero-order valence-electron chi connectivity index (χ0n) is 16.2. The molecule has 2 aliphatic heterocycles. The van der Waals surface area contributed by atoms with Gasteiger partial charge in [0.25, 0.3) is 5.91 Å². The Balaban J connectivity index is 1.58. The van der Waals surface area contributed by atoms with Crippen LogP contribution in [0.3, 0.4) is 0 Å². The molecule has 2 heterocycles. The van der Waals surface area contributed by atoms with Crippen molar-refractivity contribution in [1.82, 2.24) is 0 Å². The van der Waals surface area contributed by atoms with Crippen LogP contribution in [0, 0.1) is 18.7 Å². The van der Waals surface area contributed by atoms with Gasteiger partial charge in [0.2, 0.25) is 5.91 Å². The molecular formula is C24H19FN2O3. The summed E-state index contributed by atoms with van der Waals surface area (Å²) in [6.07, 6.45) is -0.936. The molecule has 3 atom stereocenters. The van der Waals surface area contributed by atoms with E-state index < -0.39 is 18.1 Å². The van der Waals surface area contributed by atoms with Crippen molar-refractivity contribution in [2.75, 3.05) is 9.96 Å². The maximum atomic E-state index is 13.5. The number of fused-ring (bicyclic) bond motifs is 1. The average molecular weight is 402 g/mol. The third-order valence-corrected chi connectivity index (χ3v) is 5.63. The summed E-state index contributed by atoms with van der Waals surface area (Å²) in [5, 5.41) is 1.60. The molecule has 3 aromatic rings. The molecule has 0 radical (unpaired) electrons. The summed E-state index contributed by atoms with van der Waals surface area (Å²) in [6.45, 7) is 1.94. The number of nitrogens with zero attached hydrogens (tertiary/aromatic N) is 2. The number of para-hydroxylation sites is 1. The van der Waals surface area contributed by atoms with Crippen LogP contribution in [0.15, 0.2) is 78.9 Å². The summed E-state index contributed by atoms with van der Waals surface area (Å²) in [7, 11) is 0. The number of amides is 2. The molecule has 2 amide bonds. The number of carbonyl (C=O) groups excluding carboxylic acids is 2. The maximum absolute atomic E-state index is 13.5. The monoisotopic (exact) mass is 402 g/mol. The van der Waals surface area contributed by atoms with E-state index in [4.69, 9.17) is 4.84 Å². The number of anilines is 2. The number of rotatable bonds is 3. The molecule has 0 aromatic heterocycles. The van der Waals surface area contributed by atoms with Crippen molar-refractivity contribution in [3.05, 3.63) is 95.8 Å². The van der Waals surface area contributed by atoms with Crippen molar-refractivity contribution in [2.24, 2.45) is 5.92 Å². The number of benzene rings is 3. The van der Waals surface area contributed by atoms with Gasteiger partial charge in [0.05, 0.1) is 17.4 Å². The van der Waals surface area contributed by atoms with Crippen molar-refractivity contribution in [3.8, 4) is 0 Å². The fraction of sp³-hybridized carbons (Fsp3) is 0.167. The highest BCUT2D eigenvalue weighted by atomic mass is 19.1. The fourth-order valence-electron chi connectivity index (χ4n) is 4.16. The lowest BCUT2D eigenvalue weighted by Gasteiger charge is -2.28. The zero-order chi connectivity index (χ0) is 20.8. The molecule has 5 nitrogen and oxygen atoms in total. The van der Waals surface area contributed by atoms with Gasteiger partial charge in [-0.15, -0.1) is 0 Å². The van der Waals surface area contributed by atoms with E-state index in [0.29, 0.717) is 11.3 Å². The van der Waals surface area contributed by atoms with Gasteiger partial charge in [-0.05, 0) is 48.9 Å². The van der Waals surface area contributed by atoms with Crippen LogP contribution in [-0.4, -0.2) is 17.9 Å². The second-order valence-electron chi connectivity index (χ2n) is 7.56. The van der Waals surface area contributed by atoms with Crippen LogP contribution in [-0.2, 0) is 14.4 Å². The molecule has 5 rings (SSSR count). The van der Waals surface area contributed by atoms with Crippen LogP contribution < -0.4 is 9.96 Å². The van der Waals surface area contributed by atoms with Crippen LogP contribution >= 0.6 is 0 Å². The first kappa shape index (κ1) is 18.5. The van der Waals surface area contributed by atoms with Crippen LogP contribution in [0.4, 0.5) is 15.8 Å². The standard InChI is InChI=1S/C24H19FN2O3/c1-15-7-13-18(14-8-15)26-23(28)20-21(16-9-11-17(25)12-10-16)27(30-22(20)24(26)29)19-5-3-2-4-6-19/h2-14,20-22H,1H3/t20-,21+,22+/m1/s1. The van der Waals surface area contributed by atoms with Gasteiger partial charge in [0.1, 0.15) is 11.7 Å². The number of imide groups is 1. The first-order valence-electron chi connectivity index (χ1n) is 9.75. The minimum atomic E-state index is -0.936. The predicted molar refractivity (Wildman–Crippen MR) is 110 cm³/mol. The fourth-order valence-corrected chi connectivity index (χ4v) is 4.16. The first-order chi connectivity index (χ1) is 14.5. The van der Waals surface area contributed by atoms with E-state index in [-0.39, 0.29) is 17.6 Å². The lowest BCUT2D eigenvalue weighted by molar-refractivity contribution is -0.126. The quantitative estimate of drug-likeness (QED) is 0.617. The van der Waals surface area contributed by atoms with Crippen LogP contribution in [0.5, 0.6) is 0 Å². The summed E-state index contributed by atoms with van der Waals surface area (Å²) in [6, 6.07) is 22.0. The van der Waals surface area contributed by atoms with Gasteiger partial charge in [-0.2, -0.15) is 0 Å². The number of hydrogen-bond donors (Lipinski definition) is 0. The minimum Gasteiger partial charge on any atom is -0.273 e. The van der Waals surface area contributed by atoms with E-state index in [1.807, 2.05) is 49.4 Å². The third kappa shape index (κ3) is 2.88. The van der Waals surface area contributed by atoms with Crippen molar-refractivity contribution in [1.29, 1.82) is 0 Å². The summed E-state index contributed by atoms with van der Waals surface area (Å²) < 4.78 is 13.5. The number of hydroxylamine groups is 1. The van der Waals surface area contributed by atoms with Gasteiger partial charge < -0.3 is 0 Å². The van der Waals surface area contributed by atoms with Gasteiger partial charge in [0, 0.05) is 0 Å². The van der Waals surface area contributed by atoms with Gasteiger partial charge in [-0.1, -0.05) is 48.0 Å². The third-order valence-electron chi connectivity index (χ3n) is 5.63. The molecule has 2 aliphatic rings. The number of halogens is 1. The molecule has 2 saturated heterocycles. The molecule has 150 valence electrons. The Morgan fingerprint density at radius 3 is 2.13 bits per heavy atom. The summed E-state index contributed by atoms with van der Waals surface area (Å²) >= 11 is 0. The van der Waals surface area contributed by atoms with Gasteiger partial charge in [0.15, 0.2) is 6.10 Å². The Morgan fingerprint density at radius 2 is 1.47 bits per heavy atom. The number of hydrogen-bond acceptors (Lipinski definition) is 4. The van der Waals surface area contributed by atoms with Gasteiger partial charge in [-0.25, -0.2) is 14.4 Å². The van der Waals surface area contributed by atoms with Crippen LogP contribution in [0.25, 0.3) is 0 Å². The Labute approximate surface area is 173 Å². The van der Waals surface area contributed by atoms with Crippen LogP contribution in [0.2, 0.25) is 0 Å². The van der Waals surface area contributed by atoms with E-state index in [1.165, 1.54) is 17.0 Å². The highest BCUT2D eigenvalue weighted by molar-refractivity contribution is 6.23. The molecule has 3 aromatic carbocycles. The average Bonchev–Trinajstić information content (AvgIpc) is 3.27. The molecule has 0 unspecified atom stereocenters. The summed E-state index contributed by atoms with van der Waals surface area (Å²) in [5.41, 5.74) is 3.00. The lowest BCUT2D eigenvalue weighted by Crippen LogP contribution is -2.37. The van der Waals surface area contributed by atoms with Gasteiger partial charge >= 0.3 is 0 Å². The molecule has 0 saturated carbocycles. The second-order valence-corrected chi connectivity index (χ2v) is 7.56. The molecule has 0 aliphatic carbocycles. The molecule has 0 bridgehead atoms. The molecule has 30 heavy (non-hydrogen) atoms. The van der Waals surface area contributed by atoms with Crippen LogP contribution in [0.1, 0.15) is 17.2 Å². The van der Waals surface area contributed by atoms with Crippen molar-refractivity contribution >= 4 is 23.2 Å². The minimum absolute atomic E-state index is 0.318. The highest BCUT2D eigenvalue weighted by Gasteiger charge is 2.60. The smallest absolute Gasteiger partial charge is 0.266 e. The normalized spacial score (nSPS) is 23.2. The van der Waals surface area contributed by atoms with Crippen molar-refractivity contribution < 1.29 is 18.8 Å². The maximum Gasteiger partial charge on any atom is 0.266 e. The van der Waals surface area contributed by atoms with E-state index in [2.05, 4.69) is 0 Å². The van der Waals surface area contributed by atoms with Crippen molar-refractivity contribution in [3.63, 3.8) is 0 Å². The van der Waals surface area contributed by atoms with E-state index in [0.717, 1.165) is 11.3 Å². The molecule has 0 N–H and O–H groups in total. The predicted octanol–water partition coefficient (Wildman–Crippen LogP) is 4.19. The Kier molecular flexibility index (Phi) is 4.37. The summed E-state index contributed by atoms with van der Waals surface area (Å²) in [4.78, 5) is 33.9. The Bertz CT molecular complexity index is 1100. The summed E-state index contributed by atoms with van der Waals surface area (Å²) in [5.74, 6) is -1.80. The lowest BCUT2D eigenvalue weighted by atomic mass is 9.90. The Hall–Kier alpha value is -3.51. The number of aryl methyl sites for hydroxylation is 1. The SMILES string of the molecule is Cc1ccc(N2C(=O)[C@H]3[C@H](ON(c4ccccc4)[C@H]3c3ccc(F)cc3)C2=O)cc1. The molecule has 6 heteroatoms.